The van der Waals surface area contributed by atoms with Crippen LogP contribution in [0.5, 0.6) is 5.75 Å². The van der Waals surface area contributed by atoms with Crippen LogP contribution >= 0.6 is 24.0 Å². The van der Waals surface area contributed by atoms with Crippen LogP contribution < -0.4 is 37.7 Å². The summed E-state index contributed by atoms with van der Waals surface area (Å²) in [5.41, 5.74) is 8.85. The van der Waals surface area contributed by atoms with Crippen molar-refractivity contribution in [2.75, 3.05) is 17.3 Å². The van der Waals surface area contributed by atoms with Crippen molar-refractivity contribution in [3.8, 4) is 28.2 Å². The van der Waals surface area contributed by atoms with Gasteiger partial charge in [0.1, 0.15) is 41.3 Å². The van der Waals surface area contributed by atoms with Crippen LogP contribution in [0.4, 0.5) is 5.69 Å². The molecule has 4 aromatic carbocycles. The summed E-state index contributed by atoms with van der Waals surface area (Å²) in [6.07, 6.45) is 2.75. The lowest BCUT2D eigenvalue weighted by atomic mass is 9.90. The third kappa shape index (κ3) is 12.1. The molecule has 20 heteroatoms. The number of aliphatic carboxylic acids is 1. The smallest absolute Gasteiger partial charge is 0.336 e. The van der Waals surface area contributed by atoms with Crippen molar-refractivity contribution in [3.05, 3.63) is 142 Å². The van der Waals surface area contributed by atoms with Crippen LogP contribution in [0.2, 0.25) is 0 Å². The number of carboxylic acids is 2. The van der Waals surface area contributed by atoms with Gasteiger partial charge in [-0.2, -0.15) is 11.8 Å². The number of phenols is 1. The van der Waals surface area contributed by atoms with Crippen molar-refractivity contribution in [1.29, 1.82) is 0 Å². The Balaban J connectivity index is 1.14. The molecule has 2 aliphatic rings. The second-order valence-corrected chi connectivity index (χ2v) is 17.6. The van der Waals surface area contributed by atoms with Crippen LogP contribution in [0.15, 0.2) is 125 Å². The molecule has 0 radical (unpaired) electrons. The number of aromatic hydroxyl groups is 1. The van der Waals surface area contributed by atoms with Gasteiger partial charge < -0.3 is 57.0 Å². The Labute approximate surface area is 408 Å². The average Bonchev–Trinajstić information content (AvgIpc) is 3.73. The van der Waals surface area contributed by atoms with Gasteiger partial charge in [-0.3, -0.25) is 28.8 Å². The summed E-state index contributed by atoms with van der Waals surface area (Å²) in [6, 6.07) is 23.7. The zero-order valence-corrected chi connectivity index (χ0v) is 38.9. The quantitative estimate of drug-likeness (QED) is 0.0364. The number of primary amides is 1. The maximum Gasteiger partial charge on any atom is 0.336 e. The normalized spacial score (nSPS) is 12.9. The predicted octanol–water partition coefficient (Wildman–Crippen LogP) is 4.76. The number of aromatic nitrogens is 1. The molecule has 1 aliphatic heterocycles. The standard InChI is InChI=1S/C50H47N7O11S2/c1-70-18-17-37(46(63)56-40(24-43(60)61)48(65)55-38(45(51)62)19-26-7-3-2-4-8-26)54-47(64)39(20-27-25-52-36-10-6-5-9-31(27)36)57-50(69)53-28-11-14-32(35(21-28)49(66)67)44-33-15-12-29(58)22-41(33)68-42-23-30(59)13-16-34(42)44/h2-16,21-23,25,37-40,52,58H,17-20,24H2,1H3,(H2,51,62)(H,54,64)(H,55,65)(H,56,63)(H,60,61)(H,66,67)(H2,53,57,69)/t37-,38-,39-,40-/m0/s1. The highest BCUT2D eigenvalue weighted by atomic mass is 32.2. The number of carboxylic acid groups (broad SMARTS) is 2. The van der Waals surface area contributed by atoms with E-state index < -0.39 is 66.2 Å². The number of benzene rings is 5. The molecule has 0 saturated carbocycles. The van der Waals surface area contributed by atoms with Gasteiger partial charge in [-0.1, -0.05) is 54.6 Å². The number of nitrogens with two attached hydrogens (primary N) is 1. The lowest BCUT2D eigenvalue weighted by Crippen LogP contribution is -2.59. The van der Waals surface area contributed by atoms with Gasteiger partial charge in [0.2, 0.25) is 23.6 Å². The van der Waals surface area contributed by atoms with Gasteiger partial charge in [-0.05, 0) is 89.8 Å². The summed E-state index contributed by atoms with van der Waals surface area (Å²) >= 11 is 7.10. The highest BCUT2D eigenvalue weighted by Gasteiger charge is 2.33. The van der Waals surface area contributed by atoms with E-state index in [-0.39, 0.29) is 63.7 Å². The number of carbonyl (C=O) groups excluding carboxylic acids is 4. The van der Waals surface area contributed by atoms with E-state index in [4.69, 9.17) is 22.4 Å². The van der Waals surface area contributed by atoms with Gasteiger partial charge in [0.25, 0.3) is 0 Å². The Bertz CT molecular complexity index is 3160. The lowest BCUT2D eigenvalue weighted by Gasteiger charge is -2.26. The molecule has 2 heterocycles. The number of phenolic OH excluding ortho intramolecular Hbond substituents is 1. The predicted molar refractivity (Wildman–Crippen MR) is 269 cm³/mol. The molecule has 0 unspecified atom stereocenters. The lowest BCUT2D eigenvalue weighted by molar-refractivity contribution is -0.141. The first-order valence-electron chi connectivity index (χ1n) is 21.7. The first-order chi connectivity index (χ1) is 33.6. The highest BCUT2D eigenvalue weighted by molar-refractivity contribution is 7.98. The van der Waals surface area contributed by atoms with Crippen molar-refractivity contribution in [2.24, 2.45) is 5.73 Å². The molecule has 7 rings (SSSR count). The molecule has 4 amide bonds. The topological polar surface area (TPSA) is 295 Å². The second kappa shape index (κ2) is 22.3. The van der Waals surface area contributed by atoms with Crippen LogP contribution in [-0.4, -0.2) is 97.2 Å². The SMILES string of the molecule is CSCC[C@H](NC(=O)[C@H](Cc1c[nH]c2ccccc12)NC(=S)Nc1ccc(-c2c3ccc(=O)cc-3oc3cc(O)ccc23)c(C(=O)O)c1)C(=O)N[C@@H](CC(=O)O)C(=O)N[C@@H](Cc1ccccc1)C(N)=O. The number of nitrogens with one attached hydrogen (secondary N) is 6. The molecular formula is C50H47N7O11S2. The van der Waals surface area contributed by atoms with Crippen LogP contribution in [0.3, 0.4) is 0 Å². The summed E-state index contributed by atoms with van der Waals surface area (Å²) in [5, 5.41) is 45.4. The van der Waals surface area contributed by atoms with E-state index in [9.17, 15) is 48.9 Å². The summed E-state index contributed by atoms with van der Waals surface area (Å²) in [4.78, 5) is 94.8. The zero-order valence-electron chi connectivity index (χ0n) is 37.3. The Morgan fingerprint density at radius 1 is 0.743 bits per heavy atom. The summed E-state index contributed by atoms with van der Waals surface area (Å²) in [5.74, 6) is -5.70. The third-order valence-electron chi connectivity index (χ3n) is 11.4. The van der Waals surface area contributed by atoms with E-state index in [0.29, 0.717) is 33.4 Å². The Kier molecular flexibility index (Phi) is 15.8. The molecule has 1 aliphatic carbocycles. The van der Waals surface area contributed by atoms with Crippen LogP contribution in [0, 0.1) is 0 Å². The number of para-hydroxylation sites is 1. The largest absolute Gasteiger partial charge is 0.508 e. The number of hydrogen-bond donors (Lipinski definition) is 10. The van der Waals surface area contributed by atoms with E-state index in [1.54, 1.807) is 61.0 Å². The molecule has 70 heavy (non-hydrogen) atoms. The van der Waals surface area contributed by atoms with Gasteiger partial charge in [-0.25, -0.2) is 4.79 Å². The number of thiocarbonyl (C=S) groups is 1. The molecular weight excluding hydrogens is 939 g/mol. The minimum atomic E-state index is -1.66. The van der Waals surface area contributed by atoms with Crippen molar-refractivity contribution >= 4 is 92.2 Å². The van der Waals surface area contributed by atoms with Gasteiger partial charge in [0.05, 0.1) is 12.0 Å². The molecule has 0 spiro atoms. The second-order valence-electron chi connectivity index (χ2n) is 16.3. The number of hydrogen-bond acceptors (Lipinski definition) is 11. The monoisotopic (exact) mass is 985 g/mol. The number of amides is 4. The van der Waals surface area contributed by atoms with E-state index >= 15 is 0 Å². The number of rotatable bonds is 20. The van der Waals surface area contributed by atoms with Crippen molar-refractivity contribution in [1.82, 2.24) is 26.3 Å². The summed E-state index contributed by atoms with van der Waals surface area (Å²) in [6.45, 7) is 0. The number of carbonyl (C=O) groups is 6. The van der Waals surface area contributed by atoms with Gasteiger partial charge in [-0.15, -0.1) is 0 Å². The Hall–Kier alpha value is -8.23. The maximum absolute atomic E-state index is 14.5. The molecule has 18 nitrogen and oxygen atoms in total. The van der Waals surface area contributed by atoms with Gasteiger partial charge >= 0.3 is 11.9 Å². The minimum Gasteiger partial charge on any atom is -0.508 e. The molecule has 11 N–H and O–H groups in total. The number of aromatic amines is 1. The third-order valence-corrected chi connectivity index (χ3v) is 12.2. The minimum absolute atomic E-state index is 0.00675. The van der Waals surface area contributed by atoms with Crippen LogP contribution in [0.1, 0.15) is 34.3 Å². The molecule has 5 aromatic rings. The fourth-order valence-electron chi connectivity index (χ4n) is 8.00. The summed E-state index contributed by atoms with van der Waals surface area (Å²) in [7, 11) is 0. The van der Waals surface area contributed by atoms with E-state index in [2.05, 4.69) is 31.6 Å². The van der Waals surface area contributed by atoms with E-state index in [1.165, 1.54) is 48.2 Å². The summed E-state index contributed by atoms with van der Waals surface area (Å²) < 4.78 is 5.94. The van der Waals surface area contributed by atoms with Crippen LogP contribution in [0.25, 0.3) is 44.3 Å². The first-order valence-corrected chi connectivity index (χ1v) is 23.5. The van der Waals surface area contributed by atoms with Crippen molar-refractivity contribution in [3.63, 3.8) is 0 Å². The van der Waals surface area contributed by atoms with Gasteiger partial charge in [0, 0.05) is 64.3 Å². The maximum atomic E-state index is 14.5. The number of thioether (sulfide) groups is 1. The molecule has 0 fully saturated rings. The fourth-order valence-corrected chi connectivity index (χ4v) is 8.73. The van der Waals surface area contributed by atoms with Crippen LogP contribution in [-0.2, 0) is 36.8 Å². The van der Waals surface area contributed by atoms with Crippen molar-refractivity contribution in [2.45, 2.75) is 49.9 Å². The Morgan fingerprint density at radius 2 is 1.43 bits per heavy atom. The molecule has 360 valence electrons. The van der Waals surface area contributed by atoms with E-state index in [0.717, 1.165) is 10.9 Å². The number of H-pyrrole nitrogens is 1. The average molecular weight is 986 g/mol. The molecule has 0 saturated heterocycles. The number of fused-ring (bicyclic) bond motifs is 3. The molecule has 1 aromatic heterocycles. The number of anilines is 1. The molecule has 0 bridgehead atoms. The highest BCUT2D eigenvalue weighted by Crippen LogP contribution is 2.42. The van der Waals surface area contributed by atoms with Gasteiger partial charge in [0.15, 0.2) is 10.5 Å². The fraction of sp³-hybridized carbons (Fsp3) is 0.200. The number of aromatic carboxylic acids is 1. The first kappa shape index (κ1) is 49.7. The van der Waals surface area contributed by atoms with Crippen molar-refractivity contribution < 1.29 is 48.5 Å². The zero-order chi connectivity index (χ0) is 50.1. The Morgan fingerprint density at radius 3 is 2.16 bits per heavy atom. The van der Waals surface area contributed by atoms with E-state index in [1.807, 2.05) is 24.3 Å². The molecule has 4 atom stereocenters.